The molecule has 58 valence electrons. The first-order chi connectivity index (χ1) is 4.83. The first kappa shape index (κ1) is 7.34. The van der Waals surface area contributed by atoms with Gasteiger partial charge in [0.25, 0.3) is 0 Å². The van der Waals surface area contributed by atoms with Crippen LogP contribution in [0.2, 0.25) is 0 Å². The lowest BCUT2D eigenvalue weighted by atomic mass is 10.3. The smallest absolute Gasteiger partial charge is 0.188 e. The van der Waals surface area contributed by atoms with Gasteiger partial charge in [-0.3, -0.25) is 4.99 Å². The van der Waals surface area contributed by atoms with Crippen LogP contribution in [0.5, 0.6) is 0 Å². The van der Waals surface area contributed by atoms with Crippen molar-refractivity contribution in [3.05, 3.63) is 0 Å². The van der Waals surface area contributed by atoms with Gasteiger partial charge in [-0.25, -0.2) is 0 Å². The normalized spacial score (nSPS) is 26.9. The first-order valence-corrected chi connectivity index (χ1v) is 3.39. The zero-order chi connectivity index (χ0) is 7.40. The van der Waals surface area contributed by atoms with Gasteiger partial charge in [-0.1, -0.05) is 0 Å². The Kier molecular flexibility index (Phi) is 2.50. The summed E-state index contributed by atoms with van der Waals surface area (Å²) in [6.07, 6.45) is 1.02. The van der Waals surface area contributed by atoms with Crippen LogP contribution in [0.4, 0.5) is 0 Å². The predicted molar refractivity (Wildman–Crippen MR) is 39.9 cm³/mol. The molecule has 3 N–H and O–H groups in total. The fourth-order valence-corrected chi connectivity index (χ4v) is 0.922. The average molecular weight is 143 g/mol. The highest BCUT2D eigenvalue weighted by Gasteiger charge is 2.14. The molecular weight excluding hydrogens is 130 g/mol. The maximum atomic E-state index is 5.44. The molecule has 1 heterocycles. The van der Waals surface area contributed by atoms with Crippen molar-refractivity contribution in [2.75, 3.05) is 20.3 Å². The van der Waals surface area contributed by atoms with Gasteiger partial charge in [0.2, 0.25) is 0 Å². The summed E-state index contributed by atoms with van der Waals surface area (Å²) in [7, 11) is 1.66. The van der Waals surface area contributed by atoms with Crippen LogP contribution in [0.3, 0.4) is 0 Å². The van der Waals surface area contributed by atoms with Gasteiger partial charge >= 0.3 is 0 Å². The Morgan fingerprint density at radius 3 is 3.10 bits per heavy atom. The Morgan fingerprint density at radius 2 is 2.60 bits per heavy atom. The van der Waals surface area contributed by atoms with E-state index in [4.69, 9.17) is 10.5 Å². The maximum absolute atomic E-state index is 5.44. The Bertz CT molecular complexity index is 129. The van der Waals surface area contributed by atoms with Crippen LogP contribution in [0.15, 0.2) is 4.99 Å². The maximum Gasteiger partial charge on any atom is 0.188 e. The quantitative estimate of drug-likeness (QED) is 0.377. The summed E-state index contributed by atoms with van der Waals surface area (Å²) in [5.41, 5.74) is 5.44. The molecule has 1 fully saturated rings. The lowest BCUT2D eigenvalue weighted by molar-refractivity contribution is 0.192. The van der Waals surface area contributed by atoms with E-state index in [0.29, 0.717) is 12.0 Å². The zero-order valence-corrected chi connectivity index (χ0v) is 6.13. The van der Waals surface area contributed by atoms with Gasteiger partial charge in [0, 0.05) is 13.7 Å². The number of guanidine groups is 1. The number of aliphatic imine (C=N–C) groups is 1. The lowest BCUT2D eigenvalue weighted by Crippen LogP contribution is -2.40. The summed E-state index contributed by atoms with van der Waals surface area (Å²) in [6.45, 7) is 1.57. The van der Waals surface area contributed by atoms with E-state index in [2.05, 4.69) is 10.3 Å². The largest absolute Gasteiger partial charge is 0.379 e. The summed E-state index contributed by atoms with van der Waals surface area (Å²) >= 11 is 0. The van der Waals surface area contributed by atoms with Crippen LogP contribution in [0, 0.1) is 0 Å². The molecule has 0 radical (unpaired) electrons. The molecule has 4 nitrogen and oxygen atoms in total. The third kappa shape index (κ3) is 1.88. The molecule has 1 rings (SSSR count). The molecule has 1 unspecified atom stereocenters. The van der Waals surface area contributed by atoms with Crippen LogP contribution in [-0.2, 0) is 4.74 Å². The van der Waals surface area contributed by atoms with Gasteiger partial charge in [-0.05, 0) is 6.42 Å². The molecule has 0 aliphatic carbocycles. The summed E-state index contributed by atoms with van der Waals surface area (Å²) in [6, 6.07) is 0.365. The highest BCUT2D eigenvalue weighted by molar-refractivity contribution is 5.77. The Balaban J connectivity index is 2.24. The molecule has 1 aliphatic rings. The van der Waals surface area contributed by atoms with Crippen molar-refractivity contribution in [2.24, 2.45) is 10.7 Å². The molecule has 0 aromatic heterocycles. The number of hydrogen-bond donors (Lipinski definition) is 2. The van der Waals surface area contributed by atoms with Crippen LogP contribution < -0.4 is 11.1 Å². The minimum Gasteiger partial charge on any atom is -0.379 e. The lowest BCUT2D eigenvalue weighted by Gasteiger charge is -2.09. The van der Waals surface area contributed by atoms with Crippen LogP contribution >= 0.6 is 0 Å². The van der Waals surface area contributed by atoms with Crippen molar-refractivity contribution in [1.82, 2.24) is 5.32 Å². The Hall–Kier alpha value is -0.770. The molecule has 1 aliphatic heterocycles. The third-order valence-electron chi connectivity index (χ3n) is 1.52. The molecule has 10 heavy (non-hydrogen) atoms. The molecule has 1 saturated heterocycles. The minimum absolute atomic E-state index is 0.365. The van der Waals surface area contributed by atoms with Crippen LogP contribution in [-0.4, -0.2) is 32.3 Å². The van der Waals surface area contributed by atoms with E-state index in [-0.39, 0.29) is 0 Å². The second-order valence-electron chi connectivity index (χ2n) is 2.31. The van der Waals surface area contributed by atoms with Gasteiger partial charge in [-0.2, -0.15) is 0 Å². The fraction of sp³-hybridized carbons (Fsp3) is 0.833. The Labute approximate surface area is 60.5 Å². The first-order valence-electron chi connectivity index (χ1n) is 3.39. The number of nitrogens with zero attached hydrogens (tertiary/aromatic N) is 1. The second-order valence-corrected chi connectivity index (χ2v) is 2.31. The minimum atomic E-state index is 0.365. The van der Waals surface area contributed by atoms with E-state index in [1.165, 1.54) is 0 Å². The van der Waals surface area contributed by atoms with Crippen LogP contribution in [0.25, 0.3) is 0 Å². The van der Waals surface area contributed by atoms with E-state index in [9.17, 15) is 0 Å². The number of nitrogens with two attached hydrogens (primary N) is 1. The molecule has 0 aromatic carbocycles. The number of nitrogens with one attached hydrogen (secondary N) is 1. The monoisotopic (exact) mass is 143 g/mol. The molecule has 4 heteroatoms. The van der Waals surface area contributed by atoms with Gasteiger partial charge in [0.05, 0.1) is 12.6 Å². The number of rotatable bonds is 1. The zero-order valence-electron chi connectivity index (χ0n) is 6.13. The number of hydrogen-bond acceptors (Lipinski definition) is 2. The predicted octanol–water partition coefficient (Wildman–Crippen LogP) is -0.691. The van der Waals surface area contributed by atoms with Crippen molar-refractivity contribution in [3.63, 3.8) is 0 Å². The Morgan fingerprint density at radius 1 is 1.80 bits per heavy atom. The van der Waals surface area contributed by atoms with E-state index < -0.39 is 0 Å². The molecule has 0 bridgehead atoms. The van der Waals surface area contributed by atoms with Gasteiger partial charge in [-0.15, -0.1) is 0 Å². The van der Waals surface area contributed by atoms with E-state index in [0.717, 1.165) is 19.6 Å². The summed E-state index contributed by atoms with van der Waals surface area (Å²) in [5, 5.41) is 3.03. The van der Waals surface area contributed by atoms with Crippen LogP contribution in [0.1, 0.15) is 6.42 Å². The summed E-state index contributed by atoms with van der Waals surface area (Å²) < 4.78 is 5.13. The standard InChI is InChI=1S/C6H13N3O/c1-8-6(7)9-5-2-3-10-4-5/h5H,2-4H2,1H3,(H3,7,8,9). The molecular formula is C6H13N3O. The van der Waals surface area contributed by atoms with Crippen molar-refractivity contribution in [3.8, 4) is 0 Å². The number of ether oxygens (including phenoxy) is 1. The van der Waals surface area contributed by atoms with Crippen molar-refractivity contribution in [1.29, 1.82) is 0 Å². The third-order valence-corrected chi connectivity index (χ3v) is 1.52. The highest BCUT2D eigenvalue weighted by Crippen LogP contribution is 2.01. The molecule has 0 saturated carbocycles. The van der Waals surface area contributed by atoms with Crippen molar-refractivity contribution in [2.45, 2.75) is 12.5 Å². The topological polar surface area (TPSA) is 59.6 Å². The van der Waals surface area contributed by atoms with E-state index >= 15 is 0 Å². The van der Waals surface area contributed by atoms with Crippen molar-refractivity contribution >= 4 is 5.96 Å². The van der Waals surface area contributed by atoms with Gasteiger partial charge < -0.3 is 15.8 Å². The molecule has 0 aromatic rings. The highest BCUT2D eigenvalue weighted by atomic mass is 16.5. The van der Waals surface area contributed by atoms with Gasteiger partial charge in [0.15, 0.2) is 5.96 Å². The molecule has 1 atom stereocenters. The van der Waals surface area contributed by atoms with E-state index in [1.807, 2.05) is 0 Å². The fourth-order valence-electron chi connectivity index (χ4n) is 0.922. The second kappa shape index (κ2) is 3.41. The SMILES string of the molecule is CN=C(N)NC1CCOC1. The molecule has 0 spiro atoms. The van der Waals surface area contributed by atoms with E-state index in [1.54, 1.807) is 7.05 Å². The van der Waals surface area contributed by atoms with Gasteiger partial charge in [0.1, 0.15) is 0 Å². The summed E-state index contributed by atoms with van der Waals surface area (Å²) in [5.74, 6) is 0.496. The summed E-state index contributed by atoms with van der Waals surface area (Å²) in [4.78, 5) is 3.78. The molecule has 0 amide bonds. The van der Waals surface area contributed by atoms with Crippen molar-refractivity contribution < 1.29 is 4.74 Å². The average Bonchev–Trinajstić information content (AvgIpc) is 2.40.